The molecule has 0 amide bonds. The zero-order valence-corrected chi connectivity index (χ0v) is 20.2. The molecule has 0 bridgehead atoms. The maximum absolute atomic E-state index is 14.9. The van der Waals surface area contributed by atoms with Gasteiger partial charge in [0.25, 0.3) is 0 Å². The summed E-state index contributed by atoms with van der Waals surface area (Å²) in [5, 5.41) is 3.47. The molecule has 10 heteroatoms. The third kappa shape index (κ3) is 4.27. The lowest BCUT2D eigenvalue weighted by Crippen LogP contribution is -2.03. The molecule has 0 spiro atoms. The van der Waals surface area contributed by atoms with Crippen LogP contribution in [0.15, 0.2) is 35.0 Å². The van der Waals surface area contributed by atoms with E-state index in [0.717, 1.165) is 22.7 Å². The van der Waals surface area contributed by atoms with Gasteiger partial charge in [-0.15, -0.1) is 45.3 Å². The number of thiophene rings is 4. The van der Waals surface area contributed by atoms with Crippen molar-refractivity contribution < 1.29 is 27.8 Å². The molecule has 4 aromatic heterocycles. The van der Waals surface area contributed by atoms with Crippen LogP contribution in [-0.2, 0) is 9.47 Å². The van der Waals surface area contributed by atoms with Gasteiger partial charge in [-0.25, -0.2) is 18.4 Å². The van der Waals surface area contributed by atoms with E-state index in [4.69, 9.17) is 9.47 Å². The topological polar surface area (TPSA) is 52.6 Å². The maximum Gasteiger partial charge on any atom is 0.339 e. The molecule has 4 nitrogen and oxygen atoms in total. The van der Waals surface area contributed by atoms with Gasteiger partial charge in [0.1, 0.15) is 11.6 Å². The molecule has 4 rings (SSSR count). The summed E-state index contributed by atoms with van der Waals surface area (Å²) in [5.41, 5.74) is 0.712. The molecule has 0 aliphatic carbocycles. The lowest BCUT2D eigenvalue weighted by molar-refractivity contribution is 0.0518. The van der Waals surface area contributed by atoms with Gasteiger partial charge >= 0.3 is 11.9 Å². The second kappa shape index (κ2) is 9.62. The van der Waals surface area contributed by atoms with Crippen molar-refractivity contribution >= 4 is 57.3 Å². The van der Waals surface area contributed by atoms with E-state index < -0.39 is 23.6 Å². The van der Waals surface area contributed by atoms with Gasteiger partial charge in [0.2, 0.25) is 0 Å². The van der Waals surface area contributed by atoms with Crippen molar-refractivity contribution in [2.45, 2.75) is 13.8 Å². The second-order valence-corrected chi connectivity index (χ2v) is 10.3. The summed E-state index contributed by atoms with van der Waals surface area (Å²) in [5.74, 6) is -2.10. The van der Waals surface area contributed by atoms with Crippen LogP contribution < -0.4 is 0 Å². The fourth-order valence-corrected chi connectivity index (χ4v) is 7.25. The largest absolute Gasteiger partial charge is 0.462 e. The highest BCUT2D eigenvalue weighted by Crippen LogP contribution is 2.46. The first kappa shape index (κ1) is 22.8. The van der Waals surface area contributed by atoms with E-state index in [-0.39, 0.29) is 23.0 Å². The number of rotatable bonds is 7. The minimum absolute atomic E-state index is 0.145. The second-order valence-electron chi connectivity index (χ2n) is 6.34. The van der Waals surface area contributed by atoms with Gasteiger partial charge in [-0.05, 0) is 48.9 Å². The Balaban J connectivity index is 1.71. The Morgan fingerprint density at radius 3 is 1.53 bits per heavy atom. The molecule has 0 radical (unpaired) electrons. The highest BCUT2D eigenvalue weighted by molar-refractivity contribution is 7.28. The first-order chi connectivity index (χ1) is 15.4. The average molecular weight is 511 g/mol. The minimum atomic E-state index is -0.572. The predicted octanol–water partition coefficient (Wildman–Crippen LogP) is 7.57. The van der Waals surface area contributed by atoms with Crippen molar-refractivity contribution in [3.05, 3.63) is 57.8 Å². The molecule has 0 aliphatic heterocycles. The van der Waals surface area contributed by atoms with Crippen molar-refractivity contribution in [1.82, 2.24) is 0 Å². The van der Waals surface area contributed by atoms with E-state index >= 15 is 0 Å². The number of hydrogen-bond acceptors (Lipinski definition) is 8. The normalized spacial score (nSPS) is 11.0. The number of hydrogen-bond donors (Lipinski definition) is 0. The van der Waals surface area contributed by atoms with Crippen LogP contribution in [0.3, 0.4) is 0 Å². The van der Waals surface area contributed by atoms with Crippen LogP contribution in [0.4, 0.5) is 8.78 Å². The summed E-state index contributed by atoms with van der Waals surface area (Å²) in [6.07, 6.45) is 0. The third-order valence-corrected chi connectivity index (χ3v) is 8.92. The fourth-order valence-electron chi connectivity index (χ4n) is 3.01. The van der Waals surface area contributed by atoms with Gasteiger partial charge in [-0.2, -0.15) is 0 Å². The summed E-state index contributed by atoms with van der Waals surface area (Å²) >= 11 is 4.73. The van der Waals surface area contributed by atoms with Crippen molar-refractivity contribution in [3.63, 3.8) is 0 Å². The highest BCUT2D eigenvalue weighted by Gasteiger charge is 2.24. The first-order valence-electron chi connectivity index (χ1n) is 9.53. The minimum Gasteiger partial charge on any atom is -0.462 e. The standard InChI is InChI=1S/C22H16F2O4S4/c1-3-27-21(25)11-5-7-29-17(11)15-9-13(23)19(31-15)20-14(24)10-16(32-20)18-12(6-8-30-18)22(26)28-4-2/h5-10H,3-4H2,1-2H3. The summed E-state index contributed by atoms with van der Waals surface area (Å²) in [6, 6.07) is 5.88. The molecule has 0 fully saturated rings. The zero-order chi connectivity index (χ0) is 22.8. The monoisotopic (exact) mass is 510 g/mol. The van der Waals surface area contributed by atoms with Crippen LogP contribution in [0.2, 0.25) is 0 Å². The third-order valence-electron chi connectivity index (χ3n) is 4.35. The Morgan fingerprint density at radius 1 is 0.750 bits per heavy atom. The molecule has 4 aromatic rings. The number of halogens is 2. The Hall–Kier alpha value is -2.40. The van der Waals surface area contributed by atoms with Crippen LogP contribution in [0.1, 0.15) is 34.6 Å². The molecule has 166 valence electrons. The quantitative estimate of drug-likeness (QED) is 0.241. The summed E-state index contributed by atoms with van der Waals surface area (Å²) in [6.45, 7) is 3.89. The van der Waals surface area contributed by atoms with Crippen LogP contribution in [0.5, 0.6) is 0 Å². The molecule has 0 saturated heterocycles. The molecule has 0 aromatic carbocycles. The van der Waals surface area contributed by atoms with Crippen molar-refractivity contribution in [2.75, 3.05) is 13.2 Å². The number of ether oxygens (including phenoxy) is 2. The Bertz CT molecular complexity index is 1180. The first-order valence-corrected chi connectivity index (χ1v) is 12.9. The predicted molar refractivity (Wildman–Crippen MR) is 126 cm³/mol. The summed E-state index contributed by atoms with van der Waals surface area (Å²) in [7, 11) is 0. The molecule has 0 N–H and O–H groups in total. The van der Waals surface area contributed by atoms with Gasteiger partial charge in [-0.3, -0.25) is 0 Å². The average Bonchev–Trinajstić information content (AvgIpc) is 3.54. The maximum atomic E-state index is 14.9. The highest BCUT2D eigenvalue weighted by atomic mass is 32.1. The van der Waals surface area contributed by atoms with Gasteiger partial charge in [0.05, 0.1) is 43.8 Å². The molecular weight excluding hydrogens is 495 g/mol. The molecule has 4 heterocycles. The lowest BCUT2D eigenvalue weighted by Gasteiger charge is -2.01. The molecule has 0 unspecified atom stereocenters. The summed E-state index contributed by atoms with van der Waals surface area (Å²) in [4.78, 5) is 26.9. The van der Waals surface area contributed by atoms with Crippen LogP contribution in [-0.4, -0.2) is 25.2 Å². The van der Waals surface area contributed by atoms with E-state index in [1.807, 2.05) is 0 Å². The number of carbonyl (C=O) groups is 2. The van der Waals surface area contributed by atoms with E-state index in [9.17, 15) is 18.4 Å². The van der Waals surface area contributed by atoms with Crippen LogP contribution >= 0.6 is 45.3 Å². The fraction of sp³-hybridized carbons (Fsp3) is 0.182. The van der Waals surface area contributed by atoms with E-state index in [1.165, 1.54) is 34.8 Å². The molecular formula is C22H16F2O4S4. The van der Waals surface area contributed by atoms with Crippen molar-refractivity contribution in [2.24, 2.45) is 0 Å². The van der Waals surface area contributed by atoms with Gasteiger partial charge in [-0.1, -0.05) is 0 Å². The Kier molecular flexibility index (Phi) is 6.85. The smallest absolute Gasteiger partial charge is 0.339 e. The molecule has 0 saturated carbocycles. The van der Waals surface area contributed by atoms with E-state index in [1.54, 1.807) is 36.7 Å². The molecule has 32 heavy (non-hydrogen) atoms. The van der Waals surface area contributed by atoms with Gasteiger partial charge < -0.3 is 9.47 Å². The van der Waals surface area contributed by atoms with Crippen molar-refractivity contribution in [1.29, 1.82) is 0 Å². The van der Waals surface area contributed by atoms with Crippen LogP contribution in [0.25, 0.3) is 29.3 Å². The Labute approximate surface area is 198 Å². The van der Waals surface area contributed by atoms with E-state index in [2.05, 4.69) is 0 Å². The van der Waals surface area contributed by atoms with Crippen LogP contribution in [0, 0.1) is 11.6 Å². The SMILES string of the molecule is CCOC(=O)c1ccsc1-c1cc(F)c(-c2sc(-c3sccc3C(=O)OCC)cc2F)s1. The van der Waals surface area contributed by atoms with Gasteiger partial charge in [0.15, 0.2) is 0 Å². The number of carbonyl (C=O) groups excluding carboxylic acids is 2. The molecule has 0 aliphatic rings. The number of esters is 2. The Morgan fingerprint density at radius 2 is 1.16 bits per heavy atom. The lowest BCUT2D eigenvalue weighted by atomic mass is 10.2. The molecule has 0 atom stereocenters. The van der Waals surface area contributed by atoms with Gasteiger partial charge in [0, 0.05) is 9.75 Å². The van der Waals surface area contributed by atoms with Crippen molar-refractivity contribution in [3.8, 4) is 29.3 Å². The van der Waals surface area contributed by atoms with E-state index in [0.29, 0.717) is 30.6 Å². The summed E-state index contributed by atoms with van der Waals surface area (Å²) < 4.78 is 39.9. The zero-order valence-electron chi connectivity index (χ0n) is 16.9.